The standard InChI is InChI=1S/C44H80NO8P/c1-3-5-7-9-11-13-15-17-18-19-20-21-22-23-24-25-27-29-31-33-35-37-44(47)53-42(41-52-54(48,49)51-39-38-45)40-50-43(46)36-34-32-30-28-26-16-14-12-10-8-6-4-2/h12,14-15,17,19-20,22-23,42H,3-11,13,16,18,21,24-41,45H2,1-2H3,(H,48,49)/b14-12-,17-15-,20-19-,23-22-. The lowest BCUT2D eigenvalue weighted by atomic mass is 10.1. The first-order chi connectivity index (χ1) is 26.3. The summed E-state index contributed by atoms with van der Waals surface area (Å²) in [6.45, 7) is 3.66. The Morgan fingerprint density at radius 3 is 1.48 bits per heavy atom. The lowest BCUT2D eigenvalue weighted by Gasteiger charge is -2.19. The maximum Gasteiger partial charge on any atom is 0.472 e. The topological polar surface area (TPSA) is 134 Å². The molecule has 2 unspecified atom stereocenters. The summed E-state index contributed by atoms with van der Waals surface area (Å²) in [5.41, 5.74) is 5.34. The highest BCUT2D eigenvalue weighted by molar-refractivity contribution is 7.47. The van der Waals surface area contributed by atoms with E-state index in [0.29, 0.717) is 6.42 Å². The molecular formula is C44H80NO8P. The van der Waals surface area contributed by atoms with Crippen LogP contribution in [-0.4, -0.2) is 49.3 Å². The van der Waals surface area contributed by atoms with Crippen molar-refractivity contribution in [2.24, 2.45) is 5.73 Å². The summed E-state index contributed by atoms with van der Waals surface area (Å²) in [7, 11) is -4.38. The van der Waals surface area contributed by atoms with E-state index < -0.39 is 32.5 Å². The van der Waals surface area contributed by atoms with Gasteiger partial charge >= 0.3 is 19.8 Å². The van der Waals surface area contributed by atoms with Gasteiger partial charge in [-0.15, -0.1) is 0 Å². The average molecular weight is 782 g/mol. The molecule has 0 heterocycles. The average Bonchev–Trinajstić information content (AvgIpc) is 3.16. The minimum atomic E-state index is -4.38. The van der Waals surface area contributed by atoms with Gasteiger partial charge in [-0.2, -0.15) is 0 Å². The van der Waals surface area contributed by atoms with E-state index in [4.69, 9.17) is 24.3 Å². The zero-order chi connectivity index (χ0) is 39.6. The molecule has 0 saturated heterocycles. The van der Waals surface area contributed by atoms with Crippen LogP contribution in [0.5, 0.6) is 0 Å². The lowest BCUT2D eigenvalue weighted by Crippen LogP contribution is -2.29. The summed E-state index contributed by atoms with van der Waals surface area (Å²) < 4.78 is 32.7. The third-order valence-electron chi connectivity index (χ3n) is 8.94. The number of phosphoric acid groups is 1. The first-order valence-corrected chi connectivity index (χ1v) is 23.1. The number of hydrogen-bond acceptors (Lipinski definition) is 8. The summed E-state index contributed by atoms with van der Waals surface area (Å²) >= 11 is 0. The van der Waals surface area contributed by atoms with Crippen LogP contribution in [0.25, 0.3) is 0 Å². The van der Waals surface area contributed by atoms with Crippen LogP contribution in [0.4, 0.5) is 0 Å². The SMILES string of the molecule is CCCCC/C=C\CCCCCCCC(=O)OCC(COP(=O)(O)OCCN)OC(=O)CCCCCCCC/C=C\C/C=C\C/C=C\CCCCCCC. The van der Waals surface area contributed by atoms with Crippen molar-refractivity contribution >= 4 is 19.8 Å². The Morgan fingerprint density at radius 2 is 0.963 bits per heavy atom. The van der Waals surface area contributed by atoms with Gasteiger partial charge in [-0.3, -0.25) is 18.6 Å². The first kappa shape index (κ1) is 52.0. The van der Waals surface area contributed by atoms with Crippen molar-refractivity contribution in [3.05, 3.63) is 48.6 Å². The number of esters is 2. The van der Waals surface area contributed by atoms with Crippen LogP contribution >= 0.6 is 7.82 Å². The number of rotatable bonds is 40. The largest absolute Gasteiger partial charge is 0.472 e. The second-order valence-corrected chi connectivity index (χ2v) is 15.7. The van der Waals surface area contributed by atoms with E-state index in [2.05, 4.69) is 62.5 Å². The van der Waals surface area contributed by atoms with Crippen LogP contribution in [0.3, 0.4) is 0 Å². The molecule has 0 radical (unpaired) electrons. The maximum absolute atomic E-state index is 12.6. The maximum atomic E-state index is 12.6. The van der Waals surface area contributed by atoms with Crippen LogP contribution in [0, 0.1) is 0 Å². The molecule has 314 valence electrons. The van der Waals surface area contributed by atoms with Crippen molar-refractivity contribution in [1.82, 2.24) is 0 Å². The van der Waals surface area contributed by atoms with E-state index in [1.165, 1.54) is 64.2 Å². The van der Waals surface area contributed by atoms with Gasteiger partial charge in [0.15, 0.2) is 6.10 Å². The fraction of sp³-hybridized carbons (Fsp3) is 0.773. The van der Waals surface area contributed by atoms with Gasteiger partial charge in [0.05, 0.1) is 13.2 Å². The van der Waals surface area contributed by atoms with Crippen LogP contribution < -0.4 is 5.73 Å². The minimum absolute atomic E-state index is 0.0484. The molecule has 9 nitrogen and oxygen atoms in total. The highest BCUT2D eigenvalue weighted by Gasteiger charge is 2.26. The minimum Gasteiger partial charge on any atom is -0.462 e. The molecule has 0 aromatic heterocycles. The fourth-order valence-electron chi connectivity index (χ4n) is 5.69. The van der Waals surface area contributed by atoms with E-state index in [1.807, 2.05) is 0 Å². The van der Waals surface area contributed by atoms with Crippen molar-refractivity contribution in [1.29, 1.82) is 0 Å². The monoisotopic (exact) mass is 782 g/mol. The van der Waals surface area contributed by atoms with Crippen LogP contribution in [0.15, 0.2) is 48.6 Å². The molecule has 10 heteroatoms. The number of nitrogens with two attached hydrogens (primary N) is 1. The molecule has 3 N–H and O–H groups in total. The lowest BCUT2D eigenvalue weighted by molar-refractivity contribution is -0.161. The van der Waals surface area contributed by atoms with Gasteiger partial charge in [0.25, 0.3) is 0 Å². The highest BCUT2D eigenvalue weighted by atomic mass is 31.2. The van der Waals surface area contributed by atoms with E-state index >= 15 is 0 Å². The molecule has 0 bridgehead atoms. The summed E-state index contributed by atoms with van der Waals surface area (Å²) in [5.74, 6) is -0.855. The Hall–Kier alpha value is -2.03. The van der Waals surface area contributed by atoms with E-state index in [9.17, 15) is 19.0 Å². The van der Waals surface area contributed by atoms with Gasteiger partial charge in [0.2, 0.25) is 0 Å². The summed E-state index contributed by atoms with van der Waals surface area (Å²) in [6.07, 6.45) is 45.7. The first-order valence-electron chi connectivity index (χ1n) is 21.6. The molecule has 0 aliphatic heterocycles. The van der Waals surface area contributed by atoms with Gasteiger partial charge in [-0.05, 0) is 77.0 Å². The molecular weight excluding hydrogens is 701 g/mol. The quantitative estimate of drug-likeness (QED) is 0.0269. The Balaban J connectivity index is 4.17. The molecule has 0 aliphatic rings. The Bertz CT molecular complexity index is 1030. The summed E-state index contributed by atoms with van der Waals surface area (Å²) in [6, 6.07) is 0. The van der Waals surface area contributed by atoms with Crippen LogP contribution in [0.1, 0.15) is 187 Å². The molecule has 0 aromatic carbocycles. The van der Waals surface area contributed by atoms with Crippen molar-refractivity contribution < 1.29 is 37.6 Å². The zero-order valence-corrected chi connectivity index (χ0v) is 35.3. The number of unbranched alkanes of at least 4 members (excludes halogenated alkanes) is 19. The van der Waals surface area contributed by atoms with Crippen molar-refractivity contribution in [2.75, 3.05) is 26.4 Å². The fourth-order valence-corrected chi connectivity index (χ4v) is 6.46. The Kier molecular flexibility index (Phi) is 39.1. The van der Waals surface area contributed by atoms with Crippen molar-refractivity contribution in [3.63, 3.8) is 0 Å². The third-order valence-corrected chi connectivity index (χ3v) is 9.92. The normalized spacial score (nSPS) is 13.8. The highest BCUT2D eigenvalue weighted by Crippen LogP contribution is 2.43. The zero-order valence-electron chi connectivity index (χ0n) is 34.4. The number of hydrogen-bond donors (Lipinski definition) is 2. The Morgan fingerprint density at radius 1 is 0.556 bits per heavy atom. The smallest absolute Gasteiger partial charge is 0.462 e. The Labute approximate surface area is 330 Å². The number of phosphoric ester groups is 1. The molecule has 0 saturated carbocycles. The molecule has 0 fully saturated rings. The molecule has 0 aromatic rings. The predicted octanol–water partition coefficient (Wildman–Crippen LogP) is 12.3. The molecule has 0 rings (SSSR count). The molecule has 0 spiro atoms. The number of carbonyl (C=O) groups is 2. The predicted molar refractivity (Wildman–Crippen MR) is 224 cm³/mol. The van der Waals surface area contributed by atoms with Gasteiger partial charge in [-0.25, -0.2) is 4.57 Å². The van der Waals surface area contributed by atoms with E-state index in [0.717, 1.165) is 89.9 Å². The van der Waals surface area contributed by atoms with E-state index in [-0.39, 0.29) is 32.6 Å². The second kappa shape index (κ2) is 40.6. The van der Waals surface area contributed by atoms with Gasteiger partial charge in [0.1, 0.15) is 6.61 Å². The second-order valence-electron chi connectivity index (χ2n) is 14.2. The van der Waals surface area contributed by atoms with Crippen molar-refractivity contribution in [3.8, 4) is 0 Å². The number of allylic oxidation sites excluding steroid dienone is 8. The number of ether oxygens (including phenoxy) is 2. The summed E-state index contributed by atoms with van der Waals surface area (Å²) in [4.78, 5) is 34.8. The summed E-state index contributed by atoms with van der Waals surface area (Å²) in [5, 5.41) is 0. The molecule has 54 heavy (non-hydrogen) atoms. The van der Waals surface area contributed by atoms with Gasteiger partial charge in [0, 0.05) is 19.4 Å². The molecule has 0 amide bonds. The van der Waals surface area contributed by atoms with Gasteiger partial charge in [-0.1, -0.05) is 146 Å². The third kappa shape index (κ3) is 39.7. The number of carbonyl (C=O) groups excluding carboxylic acids is 2. The molecule has 2 atom stereocenters. The van der Waals surface area contributed by atoms with Crippen molar-refractivity contribution in [2.45, 2.75) is 193 Å². The molecule has 0 aliphatic carbocycles. The van der Waals surface area contributed by atoms with Crippen LogP contribution in [0.2, 0.25) is 0 Å². The van der Waals surface area contributed by atoms with Crippen LogP contribution in [-0.2, 0) is 32.7 Å². The van der Waals surface area contributed by atoms with E-state index in [1.54, 1.807) is 0 Å². The van der Waals surface area contributed by atoms with Gasteiger partial charge < -0.3 is 20.1 Å².